The molecule has 5 heteroatoms. The normalized spacial score (nSPS) is 11.5. The average molecular weight is 435 g/mol. The molecular formula is C26H27ClN2O2. The van der Waals surface area contributed by atoms with Crippen molar-refractivity contribution in [3.8, 4) is 0 Å². The van der Waals surface area contributed by atoms with Gasteiger partial charge in [0, 0.05) is 24.5 Å². The molecule has 4 nitrogen and oxygen atoms in total. The molecule has 0 saturated carbocycles. The van der Waals surface area contributed by atoms with Crippen LogP contribution in [0.25, 0.3) is 0 Å². The molecule has 0 aliphatic rings. The molecular weight excluding hydrogens is 408 g/mol. The minimum absolute atomic E-state index is 0.0815. The first kappa shape index (κ1) is 22.6. The molecule has 0 saturated heterocycles. The van der Waals surface area contributed by atoms with E-state index in [1.54, 1.807) is 17.0 Å². The summed E-state index contributed by atoms with van der Waals surface area (Å²) in [6, 6.07) is 26.1. The summed E-state index contributed by atoms with van der Waals surface area (Å²) in [5.41, 5.74) is 2.86. The molecule has 31 heavy (non-hydrogen) atoms. The predicted molar refractivity (Wildman–Crippen MR) is 125 cm³/mol. The van der Waals surface area contributed by atoms with Gasteiger partial charge in [0.25, 0.3) is 0 Å². The summed E-state index contributed by atoms with van der Waals surface area (Å²) in [7, 11) is 0. The first-order chi connectivity index (χ1) is 15.1. The summed E-state index contributed by atoms with van der Waals surface area (Å²) in [6.07, 6.45) is 1.04. The van der Waals surface area contributed by atoms with Crippen molar-refractivity contribution >= 4 is 23.4 Å². The average Bonchev–Trinajstić information content (AvgIpc) is 2.81. The number of amides is 2. The number of rotatable bonds is 9. The van der Waals surface area contributed by atoms with Crippen molar-refractivity contribution in [3.05, 3.63) is 107 Å². The molecule has 0 aliphatic carbocycles. The van der Waals surface area contributed by atoms with E-state index in [0.717, 1.165) is 23.1 Å². The van der Waals surface area contributed by atoms with E-state index in [-0.39, 0.29) is 11.8 Å². The summed E-state index contributed by atoms with van der Waals surface area (Å²) in [5.74, 6) is -0.264. The maximum atomic E-state index is 13.3. The Morgan fingerprint density at radius 3 is 2.10 bits per heavy atom. The van der Waals surface area contributed by atoms with Crippen LogP contribution in [0.2, 0.25) is 5.02 Å². The highest BCUT2D eigenvalue weighted by atomic mass is 35.5. The van der Waals surface area contributed by atoms with Gasteiger partial charge in [-0.2, -0.15) is 0 Å². The van der Waals surface area contributed by atoms with Gasteiger partial charge in [0.15, 0.2) is 0 Å². The highest BCUT2D eigenvalue weighted by Crippen LogP contribution is 2.25. The van der Waals surface area contributed by atoms with Gasteiger partial charge in [-0.15, -0.1) is 0 Å². The Morgan fingerprint density at radius 2 is 1.48 bits per heavy atom. The van der Waals surface area contributed by atoms with E-state index in [9.17, 15) is 9.59 Å². The Kier molecular flexibility index (Phi) is 8.25. The van der Waals surface area contributed by atoms with Crippen molar-refractivity contribution in [1.29, 1.82) is 0 Å². The lowest BCUT2D eigenvalue weighted by molar-refractivity contribution is -0.141. The second-order valence-corrected chi connectivity index (χ2v) is 7.78. The van der Waals surface area contributed by atoms with Crippen molar-refractivity contribution in [3.63, 3.8) is 0 Å². The summed E-state index contributed by atoms with van der Waals surface area (Å²) >= 11 is 6.01. The van der Waals surface area contributed by atoms with Crippen LogP contribution in [0.5, 0.6) is 0 Å². The van der Waals surface area contributed by atoms with Gasteiger partial charge in [0.05, 0.1) is 0 Å². The maximum Gasteiger partial charge on any atom is 0.247 e. The lowest BCUT2D eigenvalue weighted by Crippen LogP contribution is -2.43. The molecule has 3 aromatic carbocycles. The second-order valence-electron chi connectivity index (χ2n) is 7.34. The Balaban J connectivity index is 1.83. The van der Waals surface area contributed by atoms with E-state index >= 15 is 0 Å². The highest BCUT2D eigenvalue weighted by molar-refractivity contribution is 6.30. The number of carbonyl (C=O) groups excluding carboxylic acids is 2. The van der Waals surface area contributed by atoms with Crippen LogP contribution in [0.1, 0.15) is 36.1 Å². The van der Waals surface area contributed by atoms with Gasteiger partial charge in [0.1, 0.15) is 6.04 Å². The molecule has 0 bridgehead atoms. The summed E-state index contributed by atoms with van der Waals surface area (Å²) in [5, 5.41) is 3.66. The van der Waals surface area contributed by atoms with Crippen LogP contribution in [0.3, 0.4) is 0 Å². The number of halogens is 1. The fourth-order valence-electron chi connectivity index (χ4n) is 3.49. The molecule has 0 spiro atoms. The molecule has 0 radical (unpaired) electrons. The van der Waals surface area contributed by atoms with Crippen molar-refractivity contribution in [2.75, 3.05) is 6.54 Å². The van der Waals surface area contributed by atoms with Gasteiger partial charge in [-0.05, 0) is 35.2 Å². The quantitative estimate of drug-likeness (QED) is 0.504. The van der Waals surface area contributed by atoms with Crippen LogP contribution in [0.15, 0.2) is 84.9 Å². The Morgan fingerprint density at radius 1 is 0.871 bits per heavy atom. The number of benzene rings is 3. The van der Waals surface area contributed by atoms with E-state index < -0.39 is 6.04 Å². The van der Waals surface area contributed by atoms with E-state index in [4.69, 9.17) is 11.6 Å². The van der Waals surface area contributed by atoms with Crippen LogP contribution in [0, 0.1) is 0 Å². The topological polar surface area (TPSA) is 49.4 Å². The summed E-state index contributed by atoms with van der Waals surface area (Å²) in [4.78, 5) is 27.9. The number of hydrogen-bond acceptors (Lipinski definition) is 2. The number of nitrogens with zero attached hydrogens (tertiary/aromatic N) is 1. The molecule has 1 N–H and O–H groups in total. The predicted octanol–water partition coefficient (Wildman–Crippen LogP) is 5.18. The van der Waals surface area contributed by atoms with E-state index in [1.165, 1.54) is 0 Å². The van der Waals surface area contributed by atoms with Crippen molar-refractivity contribution in [2.24, 2.45) is 0 Å². The Labute approximate surface area is 188 Å². The summed E-state index contributed by atoms with van der Waals surface area (Å²) in [6.45, 7) is 2.64. The summed E-state index contributed by atoms with van der Waals surface area (Å²) < 4.78 is 0. The highest BCUT2D eigenvalue weighted by Gasteiger charge is 2.30. The largest absolute Gasteiger partial charge is 0.354 e. The van der Waals surface area contributed by atoms with Gasteiger partial charge in [0.2, 0.25) is 11.8 Å². The molecule has 0 unspecified atom stereocenters. The van der Waals surface area contributed by atoms with Gasteiger partial charge < -0.3 is 10.2 Å². The van der Waals surface area contributed by atoms with Crippen LogP contribution in [0.4, 0.5) is 0 Å². The first-order valence-electron chi connectivity index (χ1n) is 10.5. The molecule has 0 aliphatic heterocycles. The molecule has 3 rings (SSSR count). The molecule has 0 fully saturated rings. The first-order valence-corrected chi connectivity index (χ1v) is 10.9. The molecule has 160 valence electrons. The smallest absolute Gasteiger partial charge is 0.247 e. The molecule has 0 aromatic heterocycles. The lowest BCUT2D eigenvalue weighted by Gasteiger charge is -2.31. The molecule has 2 amide bonds. The number of hydrogen-bond donors (Lipinski definition) is 1. The van der Waals surface area contributed by atoms with Gasteiger partial charge in [-0.1, -0.05) is 91.3 Å². The molecule has 0 heterocycles. The monoisotopic (exact) mass is 434 g/mol. The van der Waals surface area contributed by atoms with E-state index in [1.807, 2.05) is 79.7 Å². The fourth-order valence-corrected chi connectivity index (χ4v) is 3.62. The fraction of sp³-hybridized carbons (Fsp3) is 0.231. The van der Waals surface area contributed by atoms with Gasteiger partial charge in [-0.25, -0.2) is 0 Å². The standard InChI is InChI=1S/C26H27ClN2O2/c1-2-24(30)29(19-21-13-15-23(27)16-14-21)25(22-11-7-4-8-12-22)26(31)28-18-17-20-9-5-3-6-10-20/h3-16,25H,2,17-19H2,1H3,(H,28,31)/t25-/m1/s1. The SMILES string of the molecule is CCC(=O)N(Cc1ccc(Cl)cc1)[C@@H](C(=O)NCCc1ccccc1)c1ccccc1. The zero-order valence-electron chi connectivity index (χ0n) is 17.6. The minimum atomic E-state index is -0.708. The zero-order chi connectivity index (χ0) is 22.1. The van der Waals surface area contributed by atoms with Crippen LogP contribution in [-0.2, 0) is 22.6 Å². The third-order valence-corrected chi connectivity index (χ3v) is 5.37. The van der Waals surface area contributed by atoms with Gasteiger partial charge >= 0.3 is 0 Å². The van der Waals surface area contributed by atoms with Crippen molar-refractivity contribution in [1.82, 2.24) is 10.2 Å². The lowest BCUT2D eigenvalue weighted by atomic mass is 10.0. The van der Waals surface area contributed by atoms with Crippen molar-refractivity contribution < 1.29 is 9.59 Å². The zero-order valence-corrected chi connectivity index (χ0v) is 18.4. The van der Waals surface area contributed by atoms with E-state index in [2.05, 4.69) is 5.32 Å². The third kappa shape index (κ3) is 6.43. The molecule has 1 atom stereocenters. The maximum absolute atomic E-state index is 13.3. The molecule has 3 aromatic rings. The number of carbonyl (C=O) groups is 2. The van der Waals surface area contributed by atoms with E-state index in [0.29, 0.717) is 24.5 Å². The Bertz CT molecular complexity index is 975. The van der Waals surface area contributed by atoms with Crippen LogP contribution >= 0.6 is 11.6 Å². The van der Waals surface area contributed by atoms with Crippen LogP contribution < -0.4 is 5.32 Å². The van der Waals surface area contributed by atoms with Crippen LogP contribution in [-0.4, -0.2) is 23.3 Å². The van der Waals surface area contributed by atoms with Crippen molar-refractivity contribution in [2.45, 2.75) is 32.4 Å². The number of nitrogens with one attached hydrogen (secondary N) is 1. The third-order valence-electron chi connectivity index (χ3n) is 5.12. The minimum Gasteiger partial charge on any atom is -0.354 e. The van der Waals surface area contributed by atoms with Gasteiger partial charge in [-0.3, -0.25) is 9.59 Å². The second kappa shape index (κ2) is 11.3. The Hall–Kier alpha value is -3.11.